The average molecular weight is 319 g/mol. The Balaban J connectivity index is 2.28. The summed E-state index contributed by atoms with van der Waals surface area (Å²) in [6, 6.07) is 11.2. The lowest BCUT2D eigenvalue weighted by atomic mass is 10.1. The Labute approximate surface area is 121 Å². The molecule has 0 aliphatic rings. The van der Waals surface area contributed by atoms with Crippen molar-refractivity contribution in [2.45, 2.75) is 13.8 Å². The predicted molar refractivity (Wildman–Crippen MR) is 82.4 cm³/mol. The molecule has 0 bridgehead atoms. The van der Waals surface area contributed by atoms with Crippen molar-refractivity contribution in [3.8, 4) is 0 Å². The fourth-order valence-corrected chi connectivity index (χ4v) is 2.17. The molecule has 0 aliphatic heterocycles. The molecule has 4 heteroatoms. The number of nitrogens with two attached hydrogens (primary N) is 1. The van der Waals surface area contributed by atoms with Gasteiger partial charge in [-0.3, -0.25) is 4.79 Å². The maximum absolute atomic E-state index is 12.2. The highest BCUT2D eigenvalue weighted by atomic mass is 79.9. The van der Waals surface area contributed by atoms with Crippen LogP contribution in [0.2, 0.25) is 0 Å². The van der Waals surface area contributed by atoms with Crippen LogP contribution in [-0.2, 0) is 0 Å². The molecule has 2 rings (SSSR count). The Bertz CT molecular complexity index is 638. The second kappa shape index (κ2) is 5.45. The quantitative estimate of drug-likeness (QED) is 0.825. The highest BCUT2D eigenvalue weighted by Gasteiger charge is 2.11. The molecule has 0 aliphatic carbocycles. The number of rotatable bonds is 2. The number of carbonyl (C=O) groups excluding carboxylic acids is 1. The fourth-order valence-electron chi connectivity index (χ4n) is 1.81. The molecule has 0 heterocycles. The third-order valence-corrected chi connectivity index (χ3v) is 3.39. The first-order valence-corrected chi connectivity index (χ1v) is 6.70. The molecule has 3 nitrogen and oxygen atoms in total. The lowest BCUT2D eigenvalue weighted by Crippen LogP contribution is -2.14. The third-order valence-electron chi connectivity index (χ3n) is 2.90. The summed E-state index contributed by atoms with van der Waals surface area (Å²) >= 11 is 3.39. The van der Waals surface area contributed by atoms with E-state index < -0.39 is 0 Å². The topological polar surface area (TPSA) is 55.1 Å². The van der Waals surface area contributed by atoms with E-state index >= 15 is 0 Å². The number of benzene rings is 2. The van der Waals surface area contributed by atoms with E-state index in [2.05, 4.69) is 21.2 Å². The average Bonchev–Trinajstić information content (AvgIpc) is 2.33. The molecule has 3 N–H and O–H groups in total. The van der Waals surface area contributed by atoms with E-state index in [1.54, 1.807) is 12.1 Å². The number of halogens is 1. The van der Waals surface area contributed by atoms with E-state index in [-0.39, 0.29) is 5.91 Å². The number of hydrogen-bond acceptors (Lipinski definition) is 2. The van der Waals surface area contributed by atoms with E-state index in [9.17, 15) is 4.79 Å². The van der Waals surface area contributed by atoms with Crippen molar-refractivity contribution >= 4 is 33.2 Å². The van der Waals surface area contributed by atoms with E-state index in [0.717, 1.165) is 21.3 Å². The molecule has 0 fully saturated rings. The minimum Gasteiger partial charge on any atom is -0.398 e. The number of amides is 1. The summed E-state index contributed by atoms with van der Waals surface area (Å²) in [6.45, 7) is 3.89. The van der Waals surface area contributed by atoms with Crippen LogP contribution >= 0.6 is 15.9 Å². The zero-order chi connectivity index (χ0) is 14.0. The number of nitrogens with one attached hydrogen (secondary N) is 1. The first-order chi connectivity index (χ1) is 8.97. The van der Waals surface area contributed by atoms with Crippen molar-refractivity contribution < 1.29 is 4.79 Å². The molecule has 0 spiro atoms. The maximum Gasteiger partial charge on any atom is 0.257 e. The predicted octanol–water partition coefficient (Wildman–Crippen LogP) is 3.90. The van der Waals surface area contributed by atoms with Crippen molar-refractivity contribution in [3.63, 3.8) is 0 Å². The van der Waals surface area contributed by atoms with Crippen molar-refractivity contribution in [3.05, 3.63) is 57.6 Å². The van der Waals surface area contributed by atoms with Crippen LogP contribution in [0, 0.1) is 13.8 Å². The normalized spacial score (nSPS) is 10.3. The summed E-state index contributed by atoms with van der Waals surface area (Å²) in [5.74, 6) is -0.196. The van der Waals surface area contributed by atoms with Gasteiger partial charge in [-0.25, -0.2) is 0 Å². The van der Waals surface area contributed by atoms with Crippen molar-refractivity contribution in [1.29, 1.82) is 0 Å². The van der Waals surface area contributed by atoms with Gasteiger partial charge in [-0.15, -0.1) is 0 Å². The molecule has 98 valence electrons. The summed E-state index contributed by atoms with van der Waals surface area (Å²) in [6.07, 6.45) is 0. The smallest absolute Gasteiger partial charge is 0.257 e. The zero-order valence-electron chi connectivity index (χ0n) is 10.8. The van der Waals surface area contributed by atoms with Gasteiger partial charge in [0.2, 0.25) is 0 Å². The van der Waals surface area contributed by atoms with E-state index in [4.69, 9.17) is 5.73 Å². The van der Waals surface area contributed by atoms with Gasteiger partial charge in [0, 0.05) is 15.8 Å². The summed E-state index contributed by atoms with van der Waals surface area (Å²) in [5, 5.41) is 2.88. The van der Waals surface area contributed by atoms with Gasteiger partial charge in [0.15, 0.2) is 0 Å². The maximum atomic E-state index is 12.2. The van der Waals surface area contributed by atoms with Gasteiger partial charge in [-0.05, 0) is 49.2 Å². The highest BCUT2D eigenvalue weighted by molar-refractivity contribution is 9.10. The van der Waals surface area contributed by atoms with Crippen molar-refractivity contribution in [1.82, 2.24) is 0 Å². The van der Waals surface area contributed by atoms with Gasteiger partial charge >= 0.3 is 0 Å². The SMILES string of the molecule is Cc1ccc(C(=O)Nc2cc(Br)ccc2C)c(N)c1. The molecule has 0 saturated carbocycles. The fraction of sp³-hybridized carbons (Fsp3) is 0.133. The van der Waals surface area contributed by atoms with Crippen LogP contribution in [0.4, 0.5) is 11.4 Å². The van der Waals surface area contributed by atoms with Gasteiger partial charge in [0.1, 0.15) is 0 Å². The van der Waals surface area contributed by atoms with Crippen LogP contribution < -0.4 is 11.1 Å². The van der Waals surface area contributed by atoms with Gasteiger partial charge in [-0.1, -0.05) is 28.1 Å². The molecule has 2 aromatic carbocycles. The summed E-state index contributed by atoms with van der Waals surface area (Å²) < 4.78 is 0.922. The van der Waals surface area contributed by atoms with Crippen LogP contribution in [-0.4, -0.2) is 5.91 Å². The molecule has 2 aromatic rings. The minimum atomic E-state index is -0.196. The van der Waals surface area contributed by atoms with Crippen molar-refractivity contribution in [2.24, 2.45) is 0 Å². The summed E-state index contributed by atoms with van der Waals surface area (Å²) in [7, 11) is 0. The lowest BCUT2D eigenvalue weighted by Gasteiger charge is -2.10. The molecule has 19 heavy (non-hydrogen) atoms. The van der Waals surface area contributed by atoms with Gasteiger partial charge in [0.05, 0.1) is 5.56 Å². The number of carbonyl (C=O) groups is 1. The Morgan fingerprint density at radius 1 is 1.16 bits per heavy atom. The second-order valence-electron chi connectivity index (χ2n) is 4.50. The Morgan fingerprint density at radius 3 is 2.58 bits per heavy atom. The number of hydrogen-bond donors (Lipinski definition) is 2. The van der Waals surface area contributed by atoms with Gasteiger partial charge in [0.25, 0.3) is 5.91 Å². The molecule has 0 saturated heterocycles. The number of aryl methyl sites for hydroxylation is 2. The van der Waals surface area contributed by atoms with Crippen molar-refractivity contribution in [2.75, 3.05) is 11.1 Å². The van der Waals surface area contributed by atoms with E-state index in [0.29, 0.717) is 11.3 Å². The van der Waals surface area contributed by atoms with Crippen LogP contribution in [0.25, 0.3) is 0 Å². The first-order valence-electron chi connectivity index (χ1n) is 5.91. The van der Waals surface area contributed by atoms with Crippen LogP contribution in [0.1, 0.15) is 21.5 Å². The Morgan fingerprint density at radius 2 is 1.89 bits per heavy atom. The number of nitrogen functional groups attached to an aromatic ring is 1. The molecular formula is C15H15BrN2O. The third kappa shape index (κ3) is 3.15. The molecule has 0 aromatic heterocycles. The highest BCUT2D eigenvalue weighted by Crippen LogP contribution is 2.22. The standard InChI is InChI=1S/C15H15BrN2O/c1-9-3-6-12(13(17)7-9)15(19)18-14-8-11(16)5-4-10(14)2/h3-8H,17H2,1-2H3,(H,18,19). The molecule has 0 radical (unpaired) electrons. The molecule has 0 unspecified atom stereocenters. The number of anilines is 2. The molecular weight excluding hydrogens is 304 g/mol. The lowest BCUT2D eigenvalue weighted by molar-refractivity contribution is 0.102. The second-order valence-corrected chi connectivity index (χ2v) is 5.42. The van der Waals surface area contributed by atoms with E-state index in [1.165, 1.54) is 0 Å². The largest absolute Gasteiger partial charge is 0.398 e. The van der Waals surface area contributed by atoms with Crippen LogP contribution in [0.15, 0.2) is 40.9 Å². The minimum absolute atomic E-state index is 0.196. The molecule has 1 amide bonds. The Kier molecular flexibility index (Phi) is 3.90. The Hall–Kier alpha value is -1.81. The summed E-state index contributed by atoms with van der Waals surface area (Å²) in [5.41, 5.74) is 9.67. The summed E-state index contributed by atoms with van der Waals surface area (Å²) in [4.78, 5) is 12.2. The zero-order valence-corrected chi connectivity index (χ0v) is 12.4. The van der Waals surface area contributed by atoms with E-state index in [1.807, 2.05) is 38.1 Å². The molecule has 0 atom stereocenters. The first kappa shape index (κ1) is 13.6. The van der Waals surface area contributed by atoms with Gasteiger partial charge in [-0.2, -0.15) is 0 Å². The van der Waals surface area contributed by atoms with Crippen LogP contribution in [0.3, 0.4) is 0 Å². The monoisotopic (exact) mass is 318 g/mol. The van der Waals surface area contributed by atoms with Gasteiger partial charge < -0.3 is 11.1 Å². The van der Waals surface area contributed by atoms with Crippen LogP contribution in [0.5, 0.6) is 0 Å².